The molecule has 0 aromatic heterocycles. The van der Waals surface area contributed by atoms with E-state index in [4.69, 9.17) is 9.47 Å². The summed E-state index contributed by atoms with van der Waals surface area (Å²) in [6, 6.07) is 0. The molecule has 2 aliphatic rings. The molecule has 1 aliphatic carbocycles. The van der Waals surface area contributed by atoms with Crippen LogP contribution < -0.4 is 0 Å². The van der Waals surface area contributed by atoms with Crippen molar-refractivity contribution in [2.24, 2.45) is 17.8 Å². The van der Waals surface area contributed by atoms with Gasteiger partial charge in [0.25, 0.3) is 0 Å². The van der Waals surface area contributed by atoms with Gasteiger partial charge in [-0.3, -0.25) is 0 Å². The molecule has 0 aromatic carbocycles. The van der Waals surface area contributed by atoms with Crippen molar-refractivity contribution in [3.8, 4) is 0 Å². The largest absolute Gasteiger partial charge is 0.375 e. The van der Waals surface area contributed by atoms with Crippen molar-refractivity contribution in [2.75, 3.05) is 13.2 Å². The second-order valence-electron chi connectivity index (χ2n) is 5.65. The van der Waals surface area contributed by atoms with Crippen LogP contribution in [0.25, 0.3) is 0 Å². The highest BCUT2D eigenvalue weighted by molar-refractivity contribution is 4.82. The molecule has 4 atom stereocenters. The molecule has 2 rings (SSSR count). The maximum Gasteiger partial charge on any atom is 0.104 e. The lowest BCUT2D eigenvalue weighted by molar-refractivity contribution is -0.0430. The van der Waals surface area contributed by atoms with Gasteiger partial charge < -0.3 is 9.47 Å². The molecule has 1 heterocycles. The molecular weight excluding hydrogens is 188 g/mol. The predicted molar refractivity (Wildman–Crippen MR) is 60.8 cm³/mol. The molecular formula is C13H24O2. The van der Waals surface area contributed by atoms with Crippen molar-refractivity contribution >= 4 is 0 Å². The highest BCUT2D eigenvalue weighted by atomic mass is 16.6. The summed E-state index contributed by atoms with van der Waals surface area (Å²) in [5, 5.41) is 0. The van der Waals surface area contributed by atoms with Crippen LogP contribution in [-0.2, 0) is 9.47 Å². The first kappa shape index (κ1) is 11.4. The first-order valence-electron chi connectivity index (χ1n) is 6.40. The summed E-state index contributed by atoms with van der Waals surface area (Å²) in [7, 11) is 0. The van der Waals surface area contributed by atoms with Crippen molar-refractivity contribution in [1.29, 1.82) is 0 Å². The minimum atomic E-state index is 0.412. The normalized spacial score (nSPS) is 40.8. The summed E-state index contributed by atoms with van der Waals surface area (Å²) in [6.45, 7) is 8.73. The molecule has 1 saturated carbocycles. The van der Waals surface area contributed by atoms with E-state index in [1.54, 1.807) is 0 Å². The topological polar surface area (TPSA) is 21.8 Å². The monoisotopic (exact) mass is 212 g/mol. The number of epoxide rings is 1. The van der Waals surface area contributed by atoms with Gasteiger partial charge >= 0.3 is 0 Å². The maximum absolute atomic E-state index is 6.03. The SMILES string of the molecule is CC(C)[C@@H]1CC[C@@H](C)C[C@H]1OCC1CO1. The van der Waals surface area contributed by atoms with E-state index >= 15 is 0 Å². The summed E-state index contributed by atoms with van der Waals surface area (Å²) in [5.74, 6) is 2.35. The van der Waals surface area contributed by atoms with Crippen LogP contribution >= 0.6 is 0 Å². The Morgan fingerprint density at radius 2 is 2.07 bits per heavy atom. The zero-order chi connectivity index (χ0) is 10.8. The lowest BCUT2D eigenvalue weighted by Crippen LogP contribution is -2.35. The third kappa shape index (κ3) is 3.18. The second kappa shape index (κ2) is 4.84. The van der Waals surface area contributed by atoms with E-state index in [1.165, 1.54) is 19.3 Å². The van der Waals surface area contributed by atoms with Gasteiger partial charge in [-0.1, -0.05) is 27.2 Å². The van der Waals surface area contributed by atoms with Gasteiger partial charge in [0.15, 0.2) is 0 Å². The summed E-state index contributed by atoms with van der Waals surface area (Å²) >= 11 is 0. The summed E-state index contributed by atoms with van der Waals surface area (Å²) in [6.07, 6.45) is 4.86. The highest BCUT2D eigenvalue weighted by Gasteiger charge is 2.33. The van der Waals surface area contributed by atoms with Crippen LogP contribution in [0.1, 0.15) is 40.0 Å². The Hall–Kier alpha value is -0.0800. The third-order valence-electron chi connectivity index (χ3n) is 3.86. The Labute approximate surface area is 93.3 Å². The van der Waals surface area contributed by atoms with Gasteiger partial charge in [0.2, 0.25) is 0 Å². The minimum Gasteiger partial charge on any atom is -0.375 e. The van der Waals surface area contributed by atoms with E-state index in [1.807, 2.05) is 0 Å². The standard InChI is InChI=1S/C13H24O2/c1-9(2)12-5-4-10(3)6-13(12)15-8-11-7-14-11/h9-13H,4-8H2,1-3H3/t10-,11?,12+,13-/m1/s1. The third-order valence-corrected chi connectivity index (χ3v) is 3.86. The average Bonchev–Trinajstić information content (AvgIpc) is 2.97. The zero-order valence-corrected chi connectivity index (χ0v) is 10.2. The molecule has 0 amide bonds. The highest BCUT2D eigenvalue weighted by Crippen LogP contribution is 2.35. The van der Waals surface area contributed by atoms with Crippen molar-refractivity contribution in [2.45, 2.75) is 52.2 Å². The van der Waals surface area contributed by atoms with Crippen molar-refractivity contribution in [3.63, 3.8) is 0 Å². The molecule has 1 saturated heterocycles. The maximum atomic E-state index is 6.03. The summed E-state index contributed by atoms with van der Waals surface area (Å²) in [4.78, 5) is 0. The van der Waals surface area contributed by atoms with Gasteiger partial charge in [-0.05, 0) is 30.6 Å². The van der Waals surface area contributed by atoms with Crippen molar-refractivity contribution < 1.29 is 9.47 Å². The van der Waals surface area contributed by atoms with Crippen molar-refractivity contribution in [3.05, 3.63) is 0 Å². The van der Waals surface area contributed by atoms with Crippen LogP contribution in [0.5, 0.6) is 0 Å². The van der Waals surface area contributed by atoms with E-state index in [-0.39, 0.29) is 0 Å². The Morgan fingerprint density at radius 1 is 1.33 bits per heavy atom. The van der Waals surface area contributed by atoms with E-state index in [0.717, 1.165) is 31.0 Å². The molecule has 0 bridgehead atoms. The van der Waals surface area contributed by atoms with E-state index in [9.17, 15) is 0 Å². The molecule has 2 heteroatoms. The number of ether oxygens (including phenoxy) is 2. The van der Waals surface area contributed by atoms with Gasteiger partial charge in [-0.15, -0.1) is 0 Å². The predicted octanol–water partition coefficient (Wildman–Crippen LogP) is 2.86. The number of hydrogen-bond acceptors (Lipinski definition) is 2. The smallest absolute Gasteiger partial charge is 0.104 e. The molecule has 0 radical (unpaired) electrons. The molecule has 0 N–H and O–H groups in total. The average molecular weight is 212 g/mol. The summed E-state index contributed by atoms with van der Waals surface area (Å²) in [5.41, 5.74) is 0. The number of hydrogen-bond donors (Lipinski definition) is 0. The molecule has 0 aromatic rings. The zero-order valence-electron chi connectivity index (χ0n) is 10.2. The molecule has 88 valence electrons. The van der Waals surface area contributed by atoms with Crippen LogP contribution in [0.3, 0.4) is 0 Å². The quantitative estimate of drug-likeness (QED) is 0.668. The fourth-order valence-electron chi connectivity index (χ4n) is 2.70. The van der Waals surface area contributed by atoms with Crippen LogP contribution in [0.4, 0.5) is 0 Å². The Bertz CT molecular complexity index is 199. The Kier molecular flexibility index (Phi) is 3.68. The molecule has 2 fully saturated rings. The van der Waals surface area contributed by atoms with Gasteiger partial charge in [0.1, 0.15) is 6.10 Å². The van der Waals surface area contributed by atoms with Crippen LogP contribution in [0.15, 0.2) is 0 Å². The minimum absolute atomic E-state index is 0.412. The number of rotatable bonds is 4. The fourth-order valence-corrected chi connectivity index (χ4v) is 2.70. The molecule has 15 heavy (non-hydrogen) atoms. The van der Waals surface area contributed by atoms with Gasteiger partial charge in [0.05, 0.1) is 19.3 Å². The molecule has 2 nitrogen and oxygen atoms in total. The van der Waals surface area contributed by atoms with E-state index in [2.05, 4.69) is 20.8 Å². The van der Waals surface area contributed by atoms with Crippen molar-refractivity contribution in [1.82, 2.24) is 0 Å². The first-order chi connectivity index (χ1) is 7.16. The van der Waals surface area contributed by atoms with E-state index in [0.29, 0.717) is 12.2 Å². The molecule has 0 spiro atoms. The van der Waals surface area contributed by atoms with Crippen LogP contribution in [0, 0.1) is 17.8 Å². The Balaban J connectivity index is 1.83. The second-order valence-corrected chi connectivity index (χ2v) is 5.65. The van der Waals surface area contributed by atoms with E-state index < -0.39 is 0 Å². The van der Waals surface area contributed by atoms with Crippen LogP contribution in [-0.4, -0.2) is 25.4 Å². The van der Waals surface area contributed by atoms with Crippen LogP contribution in [0.2, 0.25) is 0 Å². The van der Waals surface area contributed by atoms with Gasteiger partial charge in [0, 0.05) is 0 Å². The Morgan fingerprint density at radius 3 is 2.67 bits per heavy atom. The van der Waals surface area contributed by atoms with Gasteiger partial charge in [-0.2, -0.15) is 0 Å². The summed E-state index contributed by atoms with van der Waals surface area (Å²) < 4.78 is 11.2. The molecule has 1 unspecified atom stereocenters. The van der Waals surface area contributed by atoms with Gasteiger partial charge in [-0.25, -0.2) is 0 Å². The lowest BCUT2D eigenvalue weighted by atomic mass is 9.75. The molecule has 1 aliphatic heterocycles. The fraction of sp³-hybridized carbons (Fsp3) is 1.00. The lowest BCUT2D eigenvalue weighted by Gasteiger charge is -2.37. The first-order valence-corrected chi connectivity index (χ1v) is 6.40.